The second kappa shape index (κ2) is 26.2. The van der Waals surface area contributed by atoms with Gasteiger partial charge in [-0.05, 0) is 36.3 Å². The minimum atomic E-state index is -5.01. The second-order valence-corrected chi connectivity index (χ2v) is 16.1. The SMILES string of the molecule is CC(=O)NC(CC(=O)O)C(=O)NC(CCC(=O)O)C(=O)NC(C(=O)NC(CCC(=O)O)C(=O)NC(CC1CCCCC1)C(=O)NC(CC(F)(F)F)C(=O)O)C(c1ccccc1)c1ccccc1. The molecule has 1 aliphatic rings. The van der Waals surface area contributed by atoms with Crippen LogP contribution in [0.5, 0.6) is 0 Å². The Morgan fingerprint density at radius 2 is 0.985 bits per heavy atom. The number of hydrogen-bond donors (Lipinski definition) is 10. The molecule has 0 saturated heterocycles. The maximum atomic E-state index is 14.8. The highest BCUT2D eigenvalue weighted by Gasteiger charge is 2.40. The first-order valence-corrected chi connectivity index (χ1v) is 21.4. The van der Waals surface area contributed by atoms with Crippen LogP contribution in [0.3, 0.4) is 0 Å². The molecule has 0 radical (unpaired) electrons. The Bertz CT molecular complexity index is 2020. The summed E-state index contributed by atoms with van der Waals surface area (Å²) in [5.74, 6) is -14.6. The Labute approximate surface area is 382 Å². The first-order chi connectivity index (χ1) is 31.5. The first-order valence-electron chi connectivity index (χ1n) is 21.4. The topological polar surface area (TPSA) is 324 Å². The highest BCUT2D eigenvalue weighted by Crippen LogP contribution is 2.30. The largest absolute Gasteiger partial charge is 0.481 e. The molecule has 1 aliphatic carbocycles. The van der Waals surface area contributed by atoms with Crippen LogP contribution in [-0.2, 0) is 47.9 Å². The molecule has 23 heteroatoms. The summed E-state index contributed by atoms with van der Waals surface area (Å²) in [6.45, 7) is 0.996. The number of rotatable bonds is 26. The van der Waals surface area contributed by atoms with Gasteiger partial charge >= 0.3 is 30.1 Å². The molecule has 0 bridgehead atoms. The van der Waals surface area contributed by atoms with Crippen LogP contribution in [0, 0.1) is 5.92 Å². The average molecular weight is 949 g/mol. The lowest BCUT2D eigenvalue weighted by atomic mass is 9.84. The van der Waals surface area contributed by atoms with E-state index in [4.69, 9.17) is 0 Å². The molecule has 0 aromatic heterocycles. The Kier molecular flexibility index (Phi) is 21.2. The molecule has 2 aromatic rings. The number of hydrogen-bond acceptors (Lipinski definition) is 10. The molecule has 6 unspecified atom stereocenters. The summed E-state index contributed by atoms with van der Waals surface area (Å²) in [6, 6.07) is 4.80. The first kappa shape index (κ1) is 54.3. The molecule has 1 fully saturated rings. The summed E-state index contributed by atoms with van der Waals surface area (Å²) in [4.78, 5) is 129. The van der Waals surface area contributed by atoms with Gasteiger partial charge in [0, 0.05) is 25.7 Å². The molecule has 10 N–H and O–H groups in total. The number of carboxylic acid groups (broad SMARTS) is 4. The Hall–Kier alpha value is -7.07. The Morgan fingerprint density at radius 3 is 1.43 bits per heavy atom. The van der Waals surface area contributed by atoms with E-state index in [2.05, 4.69) is 26.6 Å². The van der Waals surface area contributed by atoms with Gasteiger partial charge in [-0.1, -0.05) is 92.8 Å². The number of benzene rings is 2. The van der Waals surface area contributed by atoms with E-state index in [0.717, 1.165) is 26.2 Å². The van der Waals surface area contributed by atoms with E-state index in [-0.39, 0.29) is 12.3 Å². The van der Waals surface area contributed by atoms with Crippen LogP contribution in [0.4, 0.5) is 13.2 Å². The summed E-state index contributed by atoms with van der Waals surface area (Å²) < 4.78 is 39.9. The minimum absolute atomic E-state index is 0.156. The number of carbonyl (C=O) groups is 10. The fraction of sp³-hybridized carbons (Fsp3) is 0.500. The summed E-state index contributed by atoms with van der Waals surface area (Å²) >= 11 is 0. The molecule has 0 spiro atoms. The van der Waals surface area contributed by atoms with Crippen LogP contribution in [0.1, 0.15) is 101 Å². The van der Waals surface area contributed by atoms with Gasteiger partial charge < -0.3 is 52.3 Å². The lowest BCUT2D eigenvalue weighted by Crippen LogP contribution is -2.61. The molecule has 0 heterocycles. The van der Waals surface area contributed by atoms with Crippen molar-refractivity contribution in [3.63, 3.8) is 0 Å². The van der Waals surface area contributed by atoms with Crippen molar-refractivity contribution < 1.29 is 81.5 Å². The highest BCUT2D eigenvalue weighted by atomic mass is 19.4. The third-order valence-corrected chi connectivity index (χ3v) is 10.8. The van der Waals surface area contributed by atoms with Crippen molar-refractivity contribution in [2.75, 3.05) is 0 Å². The molecule has 2 aromatic carbocycles. The van der Waals surface area contributed by atoms with E-state index in [9.17, 15) is 81.5 Å². The van der Waals surface area contributed by atoms with Crippen molar-refractivity contribution in [1.29, 1.82) is 0 Å². The third-order valence-electron chi connectivity index (χ3n) is 10.8. The maximum Gasteiger partial charge on any atom is 0.391 e. The van der Waals surface area contributed by atoms with Gasteiger partial charge in [-0.3, -0.25) is 43.2 Å². The van der Waals surface area contributed by atoms with E-state index >= 15 is 0 Å². The lowest BCUT2D eigenvalue weighted by molar-refractivity contribution is -0.160. The van der Waals surface area contributed by atoms with Gasteiger partial charge in [0.05, 0.1) is 12.8 Å². The number of alkyl halides is 3. The summed E-state index contributed by atoms with van der Waals surface area (Å²) in [5.41, 5.74) is 0.769. The van der Waals surface area contributed by atoms with E-state index < -0.39 is 146 Å². The maximum absolute atomic E-state index is 14.8. The summed E-state index contributed by atoms with van der Waals surface area (Å²) in [6.07, 6.45) is -7.38. The number of carboxylic acids is 4. The number of aliphatic carboxylic acids is 4. The fourth-order valence-corrected chi connectivity index (χ4v) is 7.65. The fourth-order valence-electron chi connectivity index (χ4n) is 7.65. The molecule has 366 valence electrons. The molecule has 67 heavy (non-hydrogen) atoms. The van der Waals surface area contributed by atoms with Gasteiger partial charge in [0.15, 0.2) is 0 Å². The van der Waals surface area contributed by atoms with E-state index in [1.165, 1.54) is 0 Å². The number of halogens is 3. The van der Waals surface area contributed by atoms with Gasteiger partial charge in [0.25, 0.3) is 0 Å². The number of carbonyl (C=O) groups excluding carboxylic acids is 6. The zero-order valence-corrected chi connectivity index (χ0v) is 36.4. The van der Waals surface area contributed by atoms with E-state index in [0.29, 0.717) is 24.0 Å². The van der Waals surface area contributed by atoms with Crippen LogP contribution >= 0.6 is 0 Å². The van der Waals surface area contributed by atoms with Crippen LogP contribution in [0.2, 0.25) is 0 Å². The number of amides is 6. The van der Waals surface area contributed by atoms with Crippen molar-refractivity contribution in [1.82, 2.24) is 31.9 Å². The zero-order valence-electron chi connectivity index (χ0n) is 36.4. The summed E-state index contributed by atoms with van der Waals surface area (Å²) in [5, 5.41) is 51.6. The van der Waals surface area contributed by atoms with Gasteiger partial charge in [-0.15, -0.1) is 0 Å². The predicted molar refractivity (Wildman–Crippen MR) is 227 cm³/mol. The minimum Gasteiger partial charge on any atom is -0.481 e. The van der Waals surface area contributed by atoms with Crippen LogP contribution < -0.4 is 31.9 Å². The normalized spacial score (nSPS) is 15.5. The molecule has 6 atom stereocenters. The quantitative estimate of drug-likeness (QED) is 0.0645. The zero-order chi connectivity index (χ0) is 49.8. The molecule has 6 amide bonds. The van der Waals surface area contributed by atoms with Crippen molar-refractivity contribution >= 4 is 59.3 Å². The molecular formula is C44H55F3N6O14. The van der Waals surface area contributed by atoms with Gasteiger partial charge in [-0.2, -0.15) is 13.2 Å². The molecule has 1 saturated carbocycles. The average Bonchev–Trinajstić information content (AvgIpc) is 3.25. The standard InChI is InChI=1S/C44H55F3N6O14/c1-24(54)48-31(22-35(59)60)41(64)49-29(18-20-34(57)58)39(62)53-37(36(26-13-7-3-8-14-26)27-15-9-4-10-16-27)42(65)50-28(17-19-33(55)56)38(61)51-30(21-25-11-5-2-6-12-25)40(63)52-32(43(66)67)23-44(45,46)47/h3-4,7-10,13-16,25,28-32,36-37H,2,5-6,11-12,17-23H2,1H3,(H,48,54)(H,49,64)(H,50,65)(H,51,61)(H,52,63)(H,53,62)(H,55,56)(H,57,58)(H,59,60)(H,66,67). The van der Waals surface area contributed by atoms with Crippen molar-refractivity contribution in [3.05, 3.63) is 71.8 Å². The van der Waals surface area contributed by atoms with Crippen molar-refractivity contribution in [3.8, 4) is 0 Å². The van der Waals surface area contributed by atoms with Crippen LogP contribution in [-0.4, -0.2) is 122 Å². The Morgan fingerprint density at radius 1 is 0.552 bits per heavy atom. The van der Waals surface area contributed by atoms with Crippen LogP contribution in [0.15, 0.2) is 60.7 Å². The molecule has 0 aliphatic heterocycles. The van der Waals surface area contributed by atoms with Gasteiger partial charge in [0.2, 0.25) is 35.4 Å². The van der Waals surface area contributed by atoms with E-state index in [1.807, 2.05) is 5.32 Å². The molecule has 20 nitrogen and oxygen atoms in total. The predicted octanol–water partition coefficient (Wildman–Crippen LogP) is 1.96. The number of nitrogens with one attached hydrogen (secondary N) is 6. The summed E-state index contributed by atoms with van der Waals surface area (Å²) in [7, 11) is 0. The smallest absolute Gasteiger partial charge is 0.391 e. The van der Waals surface area contributed by atoms with E-state index in [1.54, 1.807) is 60.7 Å². The lowest BCUT2D eigenvalue weighted by Gasteiger charge is -2.32. The Balaban J connectivity index is 2.11. The second-order valence-electron chi connectivity index (χ2n) is 16.1. The third kappa shape index (κ3) is 19.1. The highest BCUT2D eigenvalue weighted by molar-refractivity contribution is 5.98. The monoisotopic (exact) mass is 948 g/mol. The van der Waals surface area contributed by atoms with Crippen molar-refractivity contribution in [2.45, 2.75) is 132 Å². The van der Waals surface area contributed by atoms with Crippen molar-refractivity contribution in [2.24, 2.45) is 5.92 Å². The van der Waals surface area contributed by atoms with Gasteiger partial charge in [-0.25, -0.2) is 4.79 Å². The molecular weight excluding hydrogens is 894 g/mol. The van der Waals surface area contributed by atoms with Crippen LogP contribution in [0.25, 0.3) is 0 Å². The molecule has 3 rings (SSSR count). The van der Waals surface area contributed by atoms with Gasteiger partial charge in [0.1, 0.15) is 36.3 Å².